The minimum Gasteiger partial charge on any atom is -0.310 e. The Morgan fingerprint density at radius 1 is 1.67 bits per heavy atom. The van der Waals surface area contributed by atoms with E-state index in [9.17, 15) is 0 Å². The Labute approximate surface area is 95.5 Å². The van der Waals surface area contributed by atoms with Crippen LogP contribution in [0.25, 0.3) is 0 Å². The van der Waals surface area contributed by atoms with Crippen LogP contribution in [0.5, 0.6) is 0 Å². The standard InChI is InChI=1S/C11H19N3S/c1-9-8-15-11(13-9)6-12-5-10-3-4-14(2)7-10/h8,10,12H,3-7H2,1-2H3. The third kappa shape index (κ3) is 3.26. The van der Waals surface area contributed by atoms with Gasteiger partial charge in [0.1, 0.15) is 5.01 Å². The summed E-state index contributed by atoms with van der Waals surface area (Å²) < 4.78 is 0. The average molecular weight is 225 g/mol. The number of hydrogen-bond acceptors (Lipinski definition) is 4. The lowest BCUT2D eigenvalue weighted by atomic mass is 10.1. The number of rotatable bonds is 4. The first-order valence-corrected chi connectivity index (χ1v) is 6.42. The Balaban J connectivity index is 1.67. The van der Waals surface area contributed by atoms with Gasteiger partial charge in [0, 0.05) is 24.2 Å². The summed E-state index contributed by atoms with van der Waals surface area (Å²) in [6, 6.07) is 0. The van der Waals surface area contributed by atoms with Crippen LogP contribution in [0.1, 0.15) is 17.1 Å². The zero-order valence-electron chi connectivity index (χ0n) is 9.49. The van der Waals surface area contributed by atoms with Crippen molar-refractivity contribution in [2.45, 2.75) is 19.9 Å². The molecular weight excluding hydrogens is 206 g/mol. The SMILES string of the molecule is Cc1csc(CNCC2CCN(C)C2)n1. The fraction of sp³-hybridized carbons (Fsp3) is 0.727. The molecule has 0 spiro atoms. The van der Waals surface area contributed by atoms with Gasteiger partial charge in [0.25, 0.3) is 0 Å². The van der Waals surface area contributed by atoms with Gasteiger partial charge in [-0.15, -0.1) is 11.3 Å². The van der Waals surface area contributed by atoms with E-state index in [-0.39, 0.29) is 0 Å². The van der Waals surface area contributed by atoms with Gasteiger partial charge in [-0.2, -0.15) is 0 Å². The van der Waals surface area contributed by atoms with Gasteiger partial charge in [0.05, 0.1) is 0 Å². The van der Waals surface area contributed by atoms with Gasteiger partial charge in [-0.05, 0) is 39.4 Å². The lowest BCUT2D eigenvalue weighted by molar-refractivity contribution is 0.388. The molecule has 2 rings (SSSR count). The fourth-order valence-electron chi connectivity index (χ4n) is 2.06. The van der Waals surface area contributed by atoms with Crippen molar-refractivity contribution in [3.63, 3.8) is 0 Å². The monoisotopic (exact) mass is 225 g/mol. The van der Waals surface area contributed by atoms with Crippen LogP contribution in [0.4, 0.5) is 0 Å². The van der Waals surface area contributed by atoms with Crippen LogP contribution in [0.15, 0.2) is 5.38 Å². The molecule has 1 fully saturated rings. The minimum atomic E-state index is 0.830. The molecule has 15 heavy (non-hydrogen) atoms. The van der Waals surface area contributed by atoms with E-state index in [1.54, 1.807) is 11.3 Å². The van der Waals surface area contributed by atoms with Crippen LogP contribution in [0.2, 0.25) is 0 Å². The second-order valence-electron chi connectivity index (χ2n) is 4.43. The molecule has 0 aliphatic carbocycles. The lowest BCUT2D eigenvalue weighted by Crippen LogP contribution is -2.24. The number of nitrogens with one attached hydrogen (secondary N) is 1. The summed E-state index contributed by atoms with van der Waals surface area (Å²) in [5.74, 6) is 0.830. The van der Waals surface area contributed by atoms with E-state index in [1.165, 1.54) is 24.5 Å². The molecule has 0 bridgehead atoms. The van der Waals surface area contributed by atoms with Crippen molar-refractivity contribution < 1.29 is 0 Å². The van der Waals surface area contributed by atoms with Crippen molar-refractivity contribution in [2.24, 2.45) is 5.92 Å². The molecule has 1 aliphatic heterocycles. The van der Waals surface area contributed by atoms with E-state index in [4.69, 9.17) is 0 Å². The van der Waals surface area contributed by atoms with E-state index >= 15 is 0 Å². The van der Waals surface area contributed by atoms with E-state index in [1.807, 2.05) is 6.92 Å². The predicted octanol–water partition coefficient (Wildman–Crippen LogP) is 1.49. The van der Waals surface area contributed by atoms with Gasteiger partial charge in [-0.3, -0.25) is 0 Å². The topological polar surface area (TPSA) is 28.2 Å². The summed E-state index contributed by atoms with van der Waals surface area (Å²) in [4.78, 5) is 6.84. The zero-order chi connectivity index (χ0) is 10.7. The maximum atomic E-state index is 4.44. The first kappa shape index (κ1) is 11.0. The number of hydrogen-bond donors (Lipinski definition) is 1. The van der Waals surface area contributed by atoms with Crippen LogP contribution in [0, 0.1) is 12.8 Å². The van der Waals surface area contributed by atoms with Crippen LogP contribution in [0.3, 0.4) is 0 Å². The van der Waals surface area contributed by atoms with Crippen molar-refractivity contribution >= 4 is 11.3 Å². The molecule has 1 aliphatic rings. The maximum Gasteiger partial charge on any atom is 0.107 e. The first-order valence-electron chi connectivity index (χ1n) is 5.54. The van der Waals surface area contributed by atoms with Crippen molar-refractivity contribution in [2.75, 3.05) is 26.7 Å². The number of thiazole rings is 1. The largest absolute Gasteiger partial charge is 0.310 e. The molecule has 2 heterocycles. The molecule has 0 amide bonds. The van der Waals surface area contributed by atoms with Gasteiger partial charge in [0.2, 0.25) is 0 Å². The molecule has 0 saturated carbocycles. The fourth-order valence-corrected chi connectivity index (χ4v) is 2.80. The summed E-state index contributed by atoms with van der Waals surface area (Å²) in [5, 5.41) is 6.82. The quantitative estimate of drug-likeness (QED) is 0.841. The Hall–Kier alpha value is -0.450. The molecular formula is C11H19N3S. The summed E-state index contributed by atoms with van der Waals surface area (Å²) in [5.41, 5.74) is 1.14. The molecule has 1 atom stereocenters. The normalized spacial score (nSPS) is 22.4. The highest BCUT2D eigenvalue weighted by Crippen LogP contribution is 2.13. The third-order valence-corrected chi connectivity index (χ3v) is 3.83. The number of nitrogens with zero attached hydrogens (tertiary/aromatic N) is 2. The number of likely N-dealkylation sites (tertiary alicyclic amines) is 1. The average Bonchev–Trinajstić information content (AvgIpc) is 2.76. The van der Waals surface area contributed by atoms with Crippen LogP contribution >= 0.6 is 11.3 Å². The number of aryl methyl sites for hydroxylation is 1. The Morgan fingerprint density at radius 2 is 2.53 bits per heavy atom. The lowest BCUT2D eigenvalue weighted by Gasteiger charge is -2.10. The van der Waals surface area contributed by atoms with Gasteiger partial charge >= 0.3 is 0 Å². The highest BCUT2D eigenvalue weighted by Gasteiger charge is 2.18. The highest BCUT2D eigenvalue weighted by atomic mass is 32.1. The minimum absolute atomic E-state index is 0.830. The molecule has 1 aromatic heterocycles. The molecule has 1 N–H and O–H groups in total. The van der Waals surface area contributed by atoms with Crippen molar-refractivity contribution in [3.8, 4) is 0 Å². The number of aromatic nitrogens is 1. The van der Waals surface area contributed by atoms with Gasteiger partial charge in [-0.1, -0.05) is 0 Å². The van der Waals surface area contributed by atoms with E-state index in [2.05, 4.69) is 27.6 Å². The highest BCUT2D eigenvalue weighted by molar-refractivity contribution is 7.09. The predicted molar refractivity (Wildman–Crippen MR) is 64.2 cm³/mol. The molecule has 3 nitrogen and oxygen atoms in total. The Morgan fingerprint density at radius 3 is 3.13 bits per heavy atom. The van der Waals surface area contributed by atoms with Gasteiger partial charge in [-0.25, -0.2) is 4.98 Å². The Bertz CT molecular complexity index is 311. The maximum absolute atomic E-state index is 4.44. The summed E-state index contributed by atoms with van der Waals surface area (Å²) >= 11 is 1.75. The summed E-state index contributed by atoms with van der Waals surface area (Å²) in [6.07, 6.45) is 1.33. The molecule has 84 valence electrons. The third-order valence-electron chi connectivity index (χ3n) is 2.86. The van der Waals surface area contributed by atoms with E-state index in [0.29, 0.717) is 0 Å². The molecule has 1 aromatic rings. The summed E-state index contributed by atoms with van der Waals surface area (Å²) in [7, 11) is 2.20. The Kier molecular flexibility index (Phi) is 3.72. The van der Waals surface area contributed by atoms with Crippen molar-refractivity contribution in [3.05, 3.63) is 16.1 Å². The van der Waals surface area contributed by atoms with Crippen LogP contribution in [-0.4, -0.2) is 36.6 Å². The molecule has 0 radical (unpaired) electrons. The molecule has 0 aromatic carbocycles. The first-order chi connectivity index (χ1) is 7.24. The molecule has 1 saturated heterocycles. The van der Waals surface area contributed by atoms with E-state index < -0.39 is 0 Å². The van der Waals surface area contributed by atoms with Crippen LogP contribution < -0.4 is 5.32 Å². The molecule has 1 unspecified atom stereocenters. The van der Waals surface area contributed by atoms with E-state index in [0.717, 1.165) is 24.7 Å². The van der Waals surface area contributed by atoms with Crippen molar-refractivity contribution in [1.82, 2.24) is 15.2 Å². The summed E-state index contributed by atoms with van der Waals surface area (Å²) in [6.45, 7) is 6.60. The van der Waals surface area contributed by atoms with Crippen molar-refractivity contribution in [1.29, 1.82) is 0 Å². The van der Waals surface area contributed by atoms with Crippen LogP contribution in [-0.2, 0) is 6.54 Å². The second kappa shape index (κ2) is 5.05. The molecule has 4 heteroatoms. The zero-order valence-corrected chi connectivity index (χ0v) is 10.3. The van der Waals surface area contributed by atoms with Gasteiger partial charge in [0.15, 0.2) is 0 Å². The second-order valence-corrected chi connectivity index (χ2v) is 5.37. The van der Waals surface area contributed by atoms with Gasteiger partial charge < -0.3 is 10.2 Å². The smallest absolute Gasteiger partial charge is 0.107 e.